The first-order chi connectivity index (χ1) is 15.7. The molecule has 0 bridgehead atoms. The highest BCUT2D eigenvalue weighted by Gasteiger charge is 2.23. The van der Waals surface area contributed by atoms with E-state index in [1.807, 2.05) is 36.4 Å². The first kappa shape index (κ1) is 20.8. The van der Waals surface area contributed by atoms with Gasteiger partial charge in [-0.2, -0.15) is 5.10 Å². The number of nitrogens with one attached hydrogen (secondary N) is 3. The number of nitrogens with zero attached hydrogens (tertiary/aromatic N) is 2. The maximum atomic E-state index is 12.9. The SMILES string of the molecule is O=C(N[C@H](C(=O)Nc1cn[nH]c1)c1ccccc1)c1ccc(OCc2ccccn2)cc1. The Kier molecular flexibility index (Phi) is 6.52. The molecule has 0 aliphatic rings. The highest BCUT2D eigenvalue weighted by atomic mass is 16.5. The second-order valence-electron chi connectivity index (χ2n) is 6.93. The van der Waals surface area contributed by atoms with Gasteiger partial charge in [-0.25, -0.2) is 0 Å². The molecule has 0 aliphatic heterocycles. The summed E-state index contributed by atoms with van der Waals surface area (Å²) < 4.78 is 5.71. The van der Waals surface area contributed by atoms with Crippen molar-refractivity contribution in [1.82, 2.24) is 20.5 Å². The molecule has 4 rings (SSSR count). The fourth-order valence-electron chi connectivity index (χ4n) is 3.04. The van der Waals surface area contributed by atoms with Crippen LogP contribution < -0.4 is 15.4 Å². The number of amides is 2. The van der Waals surface area contributed by atoms with Gasteiger partial charge in [0.25, 0.3) is 11.8 Å². The average Bonchev–Trinajstić information content (AvgIpc) is 3.35. The minimum atomic E-state index is -0.876. The normalized spacial score (nSPS) is 11.4. The molecule has 4 aromatic rings. The molecule has 2 aromatic heterocycles. The zero-order chi connectivity index (χ0) is 22.2. The lowest BCUT2D eigenvalue weighted by atomic mass is 10.1. The Balaban J connectivity index is 1.43. The summed E-state index contributed by atoms with van der Waals surface area (Å²) in [6.45, 7) is 0.330. The summed E-state index contributed by atoms with van der Waals surface area (Å²) in [4.78, 5) is 29.9. The fraction of sp³-hybridized carbons (Fsp3) is 0.0833. The van der Waals surface area contributed by atoms with Gasteiger partial charge in [0.15, 0.2) is 0 Å². The molecule has 0 radical (unpaired) electrons. The molecule has 0 fully saturated rings. The van der Waals surface area contributed by atoms with Crippen molar-refractivity contribution in [1.29, 1.82) is 0 Å². The van der Waals surface area contributed by atoms with E-state index in [-0.39, 0.29) is 11.8 Å². The molecule has 0 spiro atoms. The number of carbonyl (C=O) groups is 2. The van der Waals surface area contributed by atoms with Crippen LogP contribution in [0.25, 0.3) is 0 Å². The molecule has 8 heteroatoms. The quantitative estimate of drug-likeness (QED) is 0.399. The Bertz CT molecular complexity index is 1150. The number of ether oxygens (including phenoxy) is 1. The van der Waals surface area contributed by atoms with Gasteiger partial charge < -0.3 is 15.4 Å². The Morgan fingerprint density at radius 3 is 2.44 bits per heavy atom. The second kappa shape index (κ2) is 10.0. The molecule has 2 amide bonds. The van der Waals surface area contributed by atoms with Crippen LogP contribution in [0.1, 0.15) is 27.7 Å². The topological polar surface area (TPSA) is 109 Å². The molecule has 32 heavy (non-hydrogen) atoms. The summed E-state index contributed by atoms with van der Waals surface area (Å²) in [5, 5.41) is 12.0. The third-order valence-electron chi connectivity index (χ3n) is 4.67. The first-order valence-corrected chi connectivity index (χ1v) is 9.97. The van der Waals surface area contributed by atoms with Gasteiger partial charge >= 0.3 is 0 Å². The number of hydrogen-bond donors (Lipinski definition) is 3. The molecule has 8 nitrogen and oxygen atoms in total. The molecule has 1 atom stereocenters. The van der Waals surface area contributed by atoms with Crippen molar-refractivity contribution in [3.63, 3.8) is 0 Å². The van der Waals surface area contributed by atoms with E-state index >= 15 is 0 Å². The van der Waals surface area contributed by atoms with E-state index in [2.05, 4.69) is 25.8 Å². The van der Waals surface area contributed by atoms with Crippen molar-refractivity contribution < 1.29 is 14.3 Å². The van der Waals surface area contributed by atoms with Gasteiger partial charge in [-0.1, -0.05) is 36.4 Å². The van der Waals surface area contributed by atoms with Gasteiger partial charge in [-0.3, -0.25) is 19.7 Å². The van der Waals surface area contributed by atoms with E-state index in [4.69, 9.17) is 4.74 Å². The minimum Gasteiger partial charge on any atom is -0.487 e. The zero-order valence-electron chi connectivity index (χ0n) is 17.1. The maximum Gasteiger partial charge on any atom is 0.252 e. The predicted octanol–water partition coefficient (Wildman–Crippen LogP) is 3.49. The highest BCUT2D eigenvalue weighted by molar-refractivity contribution is 6.01. The number of pyridine rings is 1. The highest BCUT2D eigenvalue weighted by Crippen LogP contribution is 2.18. The van der Waals surface area contributed by atoms with Gasteiger partial charge in [-0.15, -0.1) is 0 Å². The number of hydrogen-bond acceptors (Lipinski definition) is 5. The summed E-state index contributed by atoms with van der Waals surface area (Å²) >= 11 is 0. The van der Waals surface area contributed by atoms with E-state index < -0.39 is 6.04 Å². The van der Waals surface area contributed by atoms with Crippen LogP contribution in [0.15, 0.2) is 91.4 Å². The van der Waals surface area contributed by atoms with Gasteiger partial charge in [0, 0.05) is 18.0 Å². The van der Waals surface area contributed by atoms with Crippen LogP contribution in [0.4, 0.5) is 5.69 Å². The van der Waals surface area contributed by atoms with Crippen LogP contribution in [0.2, 0.25) is 0 Å². The molecule has 2 heterocycles. The molecule has 0 saturated carbocycles. The Hall–Kier alpha value is -4.46. The predicted molar refractivity (Wildman–Crippen MR) is 119 cm³/mol. The van der Waals surface area contributed by atoms with Crippen molar-refractivity contribution in [2.75, 3.05) is 5.32 Å². The number of rotatable bonds is 8. The van der Waals surface area contributed by atoms with Crippen molar-refractivity contribution >= 4 is 17.5 Å². The lowest BCUT2D eigenvalue weighted by Gasteiger charge is -2.18. The Morgan fingerprint density at radius 1 is 0.969 bits per heavy atom. The molecule has 3 N–H and O–H groups in total. The molecule has 0 aliphatic carbocycles. The van der Waals surface area contributed by atoms with Crippen molar-refractivity contribution in [2.24, 2.45) is 0 Å². The number of aromatic amines is 1. The van der Waals surface area contributed by atoms with Crippen LogP contribution in [0.5, 0.6) is 5.75 Å². The van der Waals surface area contributed by atoms with Gasteiger partial charge in [0.05, 0.1) is 17.6 Å². The number of benzene rings is 2. The van der Waals surface area contributed by atoms with Crippen LogP contribution in [-0.4, -0.2) is 27.0 Å². The smallest absolute Gasteiger partial charge is 0.252 e. The van der Waals surface area contributed by atoms with E-state index in [0.717, 1.165) is 5.69 Å². The Labute approximate surface area is 184 Å². The summed E-state index contributed by atoms with van der Waals surface area (Å²) in [6.07, 6.45) is 4.76. The monoisotopic (exact) mass is 427 g/mol. The molecular formula is C24H21N5O3. The lowest BCUT2D eigenvalue weighted by molar-refractivity contribution is -0.118. The van der Waals surface area contributed by atoms with E-state index in [0.29, 0.717) is 29.2 Å². The largest absolute Gasteiger partial charge is 0.487 e. The molecule has 160 valence electrons. The molecule has 0 saturated heterocycles. The third-order valence-corrected chi connectivity index (χ3v) is 4.67. The summed E-state index contributed by atoms with van der Waals surface area (Å²) in [6, 6.07) is 20.5. The van der Waals surface area contributed by atoms with Crippen LogP contribution in [0.3, 0.4) is 0 Å². The second-order valence-corrected chi connectivity index (χ2v) is 6.93. The van der Waals surface area contributed by atoms with Crippen LogP contribution >= 0.6 is 0 Å². The summed E-state index contributed by atoms with van der Waals surface area (Å²) in [7, 11) is 0. The standard InChI is InChI=1S/C24H21N5O3/c30-23(18-9-11-21(12-10-18)32-16-19-8-4-5-13-25-19)29-22(17-6-2-1-3-7-17)24(31)28-20-14-26-27-15-20/h1-15,22H,16H2,(H,26,27)(H,28,31)(H,29,30)/t22-/m0/s1. The third kappa shape index (κ3) is 5.37. The van der Waals surface area contributed by atoms with Gasteiger partial charge in [0.1, 0.15) is 18.4 Å². The van der Waals surface area contributed by atoms with Gasteiger partial charge in [0.2, 0.25) is 0 Å². The number of anilines is 1. The van der Waals surface area contributed by atoms with Crippen LogP contribution in [-0.2, 0) is 11.4 Å². The van der Waals surface area contributed by atoms with Gasteiger partial charge in [-0.05, 0) is 42.0 Å². The fourth-order valence-corrected chi connectivity index (χ4v) is 3.04. The number of carbonyl (C=O) groups excluding carboxylic acids is 2. The lowest BCUT2D eigenvalue weighted by Crippen LogP contribution is -2.37. The summed E-state index contributed by atoms with van der Waals surface area (Å²) in [5.41, 5.74) is 2.40. The van der Waals surface area contributed by atoms with Crippen molar-refractivity contribution in [3.8, 4) is 5.75 Å². The first-order valence-electron chi connectivity index (χ1n) is 9.97. The van der Waals surface area contributed by atoms with E-state index in [1.54, 1.807) is 48.8 Å². The molecule has 2 aromatic carbocycles. The van der Waals surface area contributed by atoms with E-state index in [1.165, 1.54) is 6.20 Å². The van der Waals surface area contributed by atoms with Crippen molar-refractivity contribution in [3.05, 3.63) is 108 Å². The molecule has 0 unspecified atom stereocenters. The minimum absolute atomic E-state index is 0.330. The summed E-state index contributed by atoms with van der Waals surface area (Å²) in [5.74, 6) is -0.136. The number of H-pyrrole nitrogens is 1. The molecular weight excluding hydrogens is 406 g/mol. The van der Waals surface area contributed by atoms with E-state index in [9.17, 15) is 9.59 Å². The Morgan fingerprint density at radius 2 is 1.75 bits per heavy atom. The van der Waals surface area contributed by atoms with Crippen LogP contribution in [0, 0.1) is 0 Å². The average molecular weight is 427 g/mol. The van der Waals surface area contributed by atoms with Crippen molar-refractivity contribution in [2.45, 2.75) is 12.6 Å². The number of aromatic nitrogens is 3. The maximum absolute atomic E-state index is 12.9. The zero-order valence-corrected chi connectivity index (χ0v) is 17.1.